The number of hydrazone groups is 1. The van der Waals surface area contributed by atoms with Gasteiger partial charge >= 0.3 is 0 Å². The van der Waals surface area contributed by atoms with Crippen LogP contribution >= 0.6 is 11.6 Å². The fourth-order valence-electron chi connectivity index (χ4n) is 3.76. The first kappa shape index (κ1) is 27.1. The molecule has 196 valence electrons. The molecule has 0 spiro atoms. The molecule has 4 aromatic rings. The predicted octanol–water partition coefficient (Wildman–Crippen LogP) is 5.37. The fraction of sp³-hybridized carbons (Fsp3) is 0.179. The first-order valence-corrected chi connectivity index (χ1v) is 13.6. The molecule has 1 aromatic heterocycles. The zero-order valence-corrected chi connectivity index (χ0v) is 22.7. The van der Waals surface area contributed by atoms with Crippen LogP contribution in [0.4, 0.5) is 5.69 Å². The summed E-state index contributed by atoms with van der Waals surface area (Å²) in [6.45, 7) is 3.62. The summed E-state index contributed by atoms with van der Waals surface area (Å²) in [4.78, 5) is 17.3. The number of hydrogen-bond donors (Lipinski definition) is 1. The van der Waals surface area contributed by atoms with Gasteiger partial charge < -0.3 is 4.74 Å². The van der Waals surface area contributed by atoms with E-state index in [1.165, 1.54) is 18.3 Å². The number of carbonyl (C=O) groups excluding carboxylic acids is 1. The van der Waals surface area contributed by atoms with Crippen molar-refractivity contribution in [3.8, 4) is 5.75 Å². The molecule has 3 aromatic carbocycles. The molecule has 10 heteroatoms. The Morgan fingerprint density at radius 2 is 1.79 bits per heavy atom. The molecule has 1 heterocycles. The van der Waals surface area contributed by atoms with E-state index in [1.807, 2.05) is 32.0 Å². The van der Waals surface area contributed by atoms with Crippen molar-refractivity contribution in [2.75, 3.05) is 18.0 Å². The molecule has 0 aliphatic carbocycles. The molecule has 1 amide bonds. The third-order valence-electron chi connectivity index (χ3n) is 5.86. The summed E-state index contributed by atoms with van der Waals surface area (Å²) in [5, 5.41) is 5.00. The number of anilines is 1. The van der Waals surface area contributed by atoms with Gasteiger partial charge in [-0.05, 0) is 53.9 Å². The monoisotopic (exact) mass is 550 g/mol. The molecule has 0 atom stereocenters. The van der Waals surface area contributed by atoms with Gasteiger partial charge in [-0.15, -0.1) is 0 Å². The van der Waals surface area contributed by atoms with Crippen LogP contribution in [-0.2, 0) is 14.8 Å². The van der Waals surface area contributed by atoms with Crippen LogP contribution in [0.1, 0.15) is 30.9 Å². The van der Waals surface area contributed by atoms with Crippen molar-refractivity contribution in [3.63, 3.8) is 0 Å². The smallest absolute Gasteiger partial charge is 0.264 e. The normalized spacial score (nSPS) is 11.7. The number of sulfonamides is 1. The zero-order chi connectivity index (χ0) is 27.3. The minimum absolute atomic E-state index is 0.0786. The van der Waals surface area contributed by atoms with Crippen molar-refractivity contribution >= 4 is 50.3 Å². The van der Waals surface area contributed by atoms with Crippen molar-refractivity contribution in [2.45, 2.75) is 24.7 Å². The standard InChI is InChI=1S/C28H27ClN4O4S/c1-19(2)20-9-12-23(13-10-20)33(38(35,36)25-7-5-4-6-8-25)18-27(34)32-30-17-22-15-21-11-14-24(37-3)16-26(21)31-28(22)29/h4-17,19H,18H2,1-3H3,(H,32,34)/b30-17-. The number of carbonyl (C=O) groups is 1. The van der Waals surface area contributed by atoms with Crippen molar-refractivity contribution in [1.29, 1.82) is 0 Å². The lowest BCUT2D eigenvalue weighted by molar-refractivity contribution is -0.119. The third-order valence-corrected chi connectivity index (χ3v) is 7.96. The molecule has 8 nitrogen and oxygen atoms in total. The van der Waals surface area contributed by atoms with Gasteiger partial charge in [0.05, 0.1) is 29.4 Å². The summed E-state index contributed by atoms with van der Waals surface area (Å²) in [5.74, 6) is 0.311. The summed E-state index contributed by atoms with van der Waals surface area (Å²) in [6, 6.07) is 22.3. The third kappa shape index (κ3) is 6.12. The van der Waals surface area contributed by atoms with Gasteiger partial charge in [0.25, 0.3) is 15.9 Å². The molecule has 38 heavy (non-hydrogen) atoms. The highest BCUT2D eigenvalue weighted by molar-refractivity contribution is 7.92. The molecule has 0 fully saturated rings. The van der Waals surface area contributed by atoms with Crippen LogP contribution in [0.5, 0.6) is 5.75 Å². The number of fused-ring (bicyclic) bond motifs is 1. The molecule has 0 radical (unpaired) electrons. The van der Waals surface area contributed by atoms with Gasteiger partial charge in [-0.1, -0.05) is 55.8 Å². The number of halogens is 1. The Labute approximate surface area is 227 Å². The van der Waals surface area contributed by atoms with Gasteiger partial charge in [0, 0.05) is 17.0 Å². The van der Waals surface area contributed by atoms with Crippen LogP contribution in [0.3, 0.4) is 0 Å². The first-order chi connectivity index (χ1) is 18.2. The predicted molar refractivity (Wildman–Crippen MR) is 151 cm³/mol. The van der Waals surface area contributed by atoms with Gasteiger partial charge in [0.15, 0.2) is 0 Å². The van der Waals surface area contributed by atoms with Crippen LogP contribution in [0.15, 0.2) is 88.9 Å². The molecule has 4 rings (SSSR count). The quantitative estimate of drug-likeness (QED) is 0.172. The second kappa shape index (κ2) is 11.6. The maximum absolute atomic E-state index is 13.5. The van der Waals surface area contributed by atoms with E-state index in [0.717, 1.165) is 15.3 Å². The largest absolute Gasteiger partial charge is 0.497 e. The summed E-state index contributed by atoms with van der Waals surface area (Å²) in [6.07, 6.45) is 1.37. The summed E-state index contributed by atoms with van der Waals surface area (Å²) in [7, 11) is -2.45. The molecular formula is C28H27ClN4O4S. The average molecular weight is 551 g/mol. The molecule has 0 aliphatic rings. The van der Waals surface area contributed by atoms with E-state index in [9.17, 15) is 13.2 Å². The summed E-state index contributed by atoms with van der Waals surface area (Å²) < 4.78 is 33.2. The van der Waals surface area contributed by atoms with Crippen LogP contribution < -0.4 is 14.5 Å². The molecule has 1 N–H and O–H groups in total. The van der Waals surface area contributed by atoms with E-state index in [0.29, 0.717) is 22.5 Å². The number of methoxy groups -OCH3 is 1. The van der Waals surface area contributed by atoms with Gasteiger partial charge in [0.2, 0.25) is 0 Å². The minimum atomic E-state index is -4.02. The van der Waals surface area contributed by atoms with Gasteiger partial charge in [-0.25, -0.2) is 18.8 Å². The SMILES string of the molecule is COc1ccc2cc(/C=N\NC(=O)CN(c3ccc(C(C)C)cc3)S(=O)(=O)c3ccccc3)c(Cl)nc2c1. The highest BCUT2D eigenvalue weighted by atomic mass is 35.5. The average Bonchev–Trinajstić information content (AvgIpc) is 2.92. The van der Waals surface area contributed by atoms with Crippen molar-refractivity contribution in [2.24, 2.45) is 5.10 Å². The first-order valence-electron chi connectivity index (χ1n) is 11.8. The van der Waals surface area contributed by atoms with Crippen molar-refractivity contribution in [1.82, 2.24) is 10.4 Å². The number of ether oxygens (including phenoxy) is 1. The van der Waals surface area contributed by atoms with Gasteiger partial charge in [-0.3, -0.25) is 9.10 Å². The molecule has 0 bridgehead atoms. The number of aromatic nitrogens is 1. The lowest BCUT2D eigenvalue weighted by Crippen LogP contribution is -2.39. The summed E-state index contributed by atoms with van der Waals surface area (Å²) in [5.41, 5.74) is 4.96. The summed E-state index contributed by atoms with van der Waals surface area (Å²) >= 11 is 6.30. The van der Waals surface area contributed by atoms with Crippen molar-refractivity contribution < 1.29 is 17.9 Å². The maximum atomic E-state index is 13.5. The number of rotatable bonds is 9. The van der Waals surface area contributed by atoms with Gasteiger partial charge in [-0.2, -0.15) is 5.10 Å². The van der Waals surface area contributed by atoms with Crippen LogP contribution in [0, 0.1) is 0 Å². The number of nitrogens with one attached hydrogen (secondary N) is 1. The molecule has 0 unspecified atom stereocenters. The van der Waals surface area contributed by atoms with Crippen molar-refractivity contribution in [3.05, 3.63) is 95.1 Å². The maximum Gasteiger partial charge on any atom is 0.264 e. The lowest BCUT2D eigenvalue weighted by atomic mass is 10.0. The lowest BCUT2D eigenvalue weighted by Gasteiger charge is -2.24. The molecular weight excluding hydrogens is 524 g/mol. The second-order valence-corrected chi connectivity index (χ2v) is 11.0. The van der Waals surface area contributed by atoms with E-state index < -0.39 is 22.5 Å². The van der Waals surface area contributed by atoms with E-state index in [4.69, 9.17) is 16.3 Å². The minimum Gasteiger partial charge on any atom is -0.497 e. The van der Waals surface area contributed by atoms with E-state index in [-0.39, 0.29) is 16.0 Å². The number of nitrogens with zero attached hydrogens (tertiary/aromatic N) is 3. The Balaban J connectivity index is 1.56. The Hall–Kier alpha value is -3.95. The number of benzene rings is 3. The molecule has 0 saturated heterocycles. The Kier molecular flexibility index (Phi) is 8.29. The second-order valence-electron chi connectivity index (χ2n) is 8.79. The number of hydrogen-bond acceptors (Lipinski definition) is 6. The Bertz CT molecular complexity index is 1570. The Morgan fingerprint density at radius 1 is 1.08 bits per heavy atom. The number of pyridine rings is 1. The fourth-order valence-corrected chi connectivity index (χ4v) is 5.39. The van der Waals surface area contributed by atoms with Crippen LogP contribution in [0.25, 0.3) is 10.9 Å². The van der Waals surface area contributed by atoms with E-state index in [2.05, 4.69) is 15.5 Å². The topological polar surface area (TPSA) is 101 Å². The van der Waals surface area contributed by atoms with E-state index in [1.54, 1.807) is 55.6 Å². The van der Waals surface area contributed by atoms with Gasteiger partial charge in [0.1, 0.15) is 17.4 Å². The highest BCUT2D eigenvalue weighted by Crippen LogP contribution is 2.26. The zero-order valence-electron chi connectivity index (χ0n) is 21.1. The van der Waals surface area contributed by atoms with Crippen LogP contribution in [-0.4, -0.2) is 39.2 Å². The highest BCUT2D eigenvalue weighted by Gasteiger charge is 2.27. The molecule has 0 saturated carbocycles. The van der Waals surface area contributed by atoms with Crippen LogP contribution in [0.2, 0.25) is 5.15 Å². The Morgan fingerprint density at radius 3 is 2.45 bits per heavy atom. The van der Waals surface area contributed by atoms with E-state index >= 15 is 0 Å². The number of amides is 1. The molecule has 0 aliphatic heterocycles.